The molecule has 0 heterocycles. The summed E-state index contributed by atoms with van der Waals surface area (Å²) in [5, 5.41) is 5.93. The monoisotopic (exact) mass is 287 g/mol. The second-order valence-corrected chi connectivity index (χ2v) is 5.07. The van der Waals surface area contributed by atoms with E-state index in [0.29, 0.717) is 22.6 Å². The van der Waals surface area contributed by atoms with E-state index in [1.165, 1.54) is 12.1 Å². The molecule has 0 aliphatic heterocycles. The van der Waals surface area contributed by atoms with Crippen LogP contribution in [0.5, 0.6) is 0 Å². The topological polar surface area (TPSA) is 67.2 Å². The SMILES string of the molecule is CC(C)NC(=O)c1cc(N)ccc1Nc1ccc(F)cc1. The minimum Gasteiger partial charge on any atom is -0.399 e. The number of amides is 1. The van der Waals surface area contributed by atoms with Gasteiger partial charge in [0.15, 0.2) is 0 Å². The molecular formula is C16H18FN3O. The summed E-state index contributed by atoms with van der Waals surface area (Å²) >= 11 is 0. The lowest BCUT2D eigenvalue weighted by Gasteiger charge is -2.14. The lowest BCUT2D eigenvalue weighted by Crippen LogP contribution is -2.30. The maximum absolute atomic E-state index is 12.9. The summed E-state index contributed by atoms with van der Waals surface area (Å²) in [6.45, 7) is 3.77. The van der Waals surface area contributed by atoms with E-state index in [-0.39, 0.29) is 17.8 Å². The Hall–Kier alpha value is -2.56. The molecule has 0 aliphatic carbocycles. The molecule has 0 fully saturated rings. The van der Waals surface area contributed by atoms with Gasteiger partial charge >= 0.3 is 0 Å². The van der Waals surface area contributed by atoms with Gasteiger partial charge in [0.2, 0.25) is 0 Å². The number of rotatable bonds is 4. The molecule has 2 aromatic carbocycles. The molecule has 4 nitrogen and oxygen atoms in total. The Morgan fingerprint density at radius 2 is 1.81 bits per heavy atom. The Labute approximate surface area is 123 Å². The highest BCUT2D eigenvalue weighted by molar-refractivity contribution is 6.01. The summed E-state index contributed by atoms with van der Waals surface area (Å²) in [6.07, 6.45) is 0. The third kappa shape index (κ3) is 3.95. The van der Waals surface area contributed by atoms with Crippen molar-refractivity contribution in [2.75, 3.05) is 11.1 Å². The zero-order chi connectivity index (χ0) is 15.4. The lowest BCUT2D eigenvalue weighted by atomic mass is 10.1. The number of carbonyl (C=O) groups excluding carboxylic acids is 1. The first-order chi connectivity index (χ1) is 9.95. The molecule has 0 saturated carbocycles. The molecule has 0 aliphatic rings. The second-order valence-electron chi connectivity index (χ2n) is 5.07. The Morgan fingerprint density at radius 1 is 1.14 bits per heavy atom. The summed E-state index contributed by atoms with van der Waals surface area (Å²) < 4.78 is 12.9. The van der Waals surface area contributed by atoms with Crippen LogP contribution in [0, 0.1) is 5.82 Å². The molecule has 0 atom stereocenters. The summed E-state index contributed by atoms with van der Waals surface area (Å²) in [7, 11) is 0. The Bertz CT molecular complexity index is 638. The Balaban J connectivity index is 2.30. The number of hydrogen-bond acceptors (Lipinski definition) is 3. The molecule has 0 radical (unpaired) electrons. The maximum atomic E-state index is 12.9. The fraction of sp³-hybridized carbons (Fsp3) is 0.188. The van der Waals surface area contributed by atoms with E-state index in [9.17, 15) is 9.18 Å². The minimum absolute atomic E-state index is 0.0256. The van der Waals surface area contributed by atoms with Gasteiger partial charge in [-0.25, -0.2) is 4.39 Å². The van der Waals surface area contributed by atoms with Crippen LogP contribution in [0.3, 0.4) is 0 Å². The van der Waals surface area contributed by atoms with Crippen molar-refractivity contribution in [3.63, 3.8) is 0 Å². The van der Waals surface area contributed by atoms with E-state index >= 15 is 0 Å². The number of halogens is 1. The molecule has 0 unspecified atom stereocenters. The van der Waals surface area contributed by atoms with Crippen molar-refractivity contribution in [2.24, 2.45) is 0 Å². The maximum Gasteiger partial charge on any atom is 0.253 e. The fourth-order valence-electron chi connectivity index (χ4n) is 1.89. The van der Waals surface area contributed by atoms with Gasteiger partial charge in [-0.05, 0) is 56.3 Å². The largest absolute Gasteiger partial charge is 0.399 e. The standard InChI is InChI=1S/C16H18FN3O/c1-10(2)19-16(21)14-9-12(18)5-8-15(14)20-13-6-3-11(17)4-7-13/h3-10,20H,18H2,1-2H3,(H,19,21). The molecule has 110 valence electrons. The smallest absolute Gasteiger partial charge is 0.253 e. The molecule has 2 aromatic rings. The number of nitrogen functional groups attached to an aromatic ring is 1. The first-order valence-corrected chi connectivity index (χ1v) is 6.68. The van der Waals surface area contributed by atoms with Gasteiger partial charge < -0.3 is 16.4 Å². The van der Waals surface area contributed by atoms with Crippen LogP contribution in [0.15, 0.2) is 42.5 Å². The summed E-state index contributed by atoms with van der Waals surface area (Å²) in [5.74, 6) is -0.516. The molecule has 1 amide bonds. The van der Waals surface area contributed by atoms with E-state index in [4.69, 9.17) is 5.73 Å². The van der Waals surface area contributed by atoms with Crippen molar-refractivity contribution in [2.45, 2.75) is 19.9 Å². The average molecular weight is 287 g/mol. The zero-order valence-electron chi connectivity index (χ0n) is 12.0. The average Bonchev–Trinajstić information content (AvgIpc) is 2.42. The van der Waals surface area contributed by atoms with Crippen LogP contribution in [0.25, 0.3) is 0 Å². The minimum atomic E-state index is -0.310. The van der Waals surface area contributed by atoms with Crippen LogP contribution in [0.2, 0.25) is 0 Å². The van der Waals surface area contributed by atoms with Crippen LogP contribution in [0.1, 0.15) is 24.2 Å². The fourth-order valence-corrected chi connectivity index (χ4v) is 1.89. The van der Waals surface area contributed by atoms with Gasteiger partial charge in [-0.3, -0.25) is 4.79 Å². The summed E-state index contributed by atoms with van der Waals surface area (Å²) in [5.41, 5.74) is 8.03. The molecule has 0 bridgehead atoms. The highest BCUT2D eigenvalue weighted by Gasteiger charge is 2.13. The second kappa shape index (κ2) is 6.26. The van der Waals surface area contributed by atoms with Crippen molar-refractivity contribution < 1.29 is 9.18 Å². The molecule has 0 saturated heterocycles. The third-order valence-electron chi connectivity index (χ3n) is 2.83. The number of nitrogens with two attached hydrogens (primary N) is 1. The predicted octanol–water partition coefficient (Wildman–Crippen LogP) is 3.29. The van der Waals surface area contributed by atoms with Crippen molar-refractivity contribution in [3.8, 4) is 0 Å². The highest BCUT2D eigenvalue weighted by atomic mass is 19.1. The first-order valence-electron chi connectivity index (χ1n) is 6.68. The molecule has 2 rings (SSSR count). The lowest BCUT2D eigenvalue weighted by molar-refractivity contribution is 0.0944. The number of nitrogens with one attached hydrogen (secondary N) is 2. The van der Waals surface area contributed by atoms with Gasteiger partial charge in [-0.15, -0.1) is 0 Å². The van der Waals surface area contributed by atoms with E-state index in [2.05, 4.69) is 10.6 Å². The predicted molar refractivity (Wildman–Crippen MR) is 83.1 cm³/mol. The van der Waals surface area contributed by atoms with Gasteiger partial charge in [0, 0.05) is 17.4 Å². The zero-order valence-corrected chi connectivity index (χ0v) is 12.0. The van der Waals surface area contributed by atoms with Crippen molar-refractivity contribution in [3.05, 3.63) is 53.8 Å². The van der Waals surface area contributed by atoms with E-state index in [1.54, 1.807) is 30.3 Å². The quantitative estimate of drug-likeness (QED) is 0.756. The van der Waals surface area contributed by atoms with E-state index in [0.717, 1.165) is 0 Å². The number of benzene rings is 2. The van der Waals surface area contributed by atoms with Crippen molar-refractivity contribution in [1.82, 2.24) is 5.32 Å². The van der Waals surface area contributed by atoms with Crippen LogP contribution in [-0.4, -0.2) is 11.9 Å². The number of anilines is 3. The summed E-state index contributed by atoms with van der Waals surface area (Å²) in [6, 6.07) is 11.0. The van der Waals surface area contributed by atoms with Crippen molar-refractivity contribution in [1.29, 1.82) is 0 Å². The van der Waals surface area contributed by atoms with Crippen LogP contribution < -0.4 is 16.4 Å². The van der Waals surface area contributed by atoms with E-state index < -0.39 is 0 Å². The first kappa shape index (κ1) is 14.8. The Kier molecular flexibility index (Phi) is 4.42. The van der Waals surface area contributed by atoms with E-state index in [1.807, 2.05) is 13.8 Å². The summed E-state index contributed by atoms with van der Waals surface area (Å²) in [4.78, 5) is 12.2. The van der Waals surface area contributed by atoms with Gasteiger partial charge in [0.05, 0.1) is 11.3 Å². The van der Waals surface area contributed by atoms with Gasteiger partial charge in [-0.1, -0.05) is 0 Å². The highest BCUT2D eigenvalue weighted by Crippen LogP contribution is 2.23. The van der Waals surface area contributed by atoms with Gasteiger partial charge in [0.25, 0.3) is 5.91 Å². The third-order valence-corrected chi connectivity index (χ3v) is 2.83. The molecule has 0 aromatic heterocycles. The molecule has 4 N–H and O–H groups in total. The van der Waals surface area contributed by atoms with Crippen LogP contribution in [0.4, 0.5) is 21.5 Å². The number of carbonyl (C=O) groups is 1. The van der Waals surface area contributed by atoms with Crippen LogP contribution in [-0.2, 0) is 0 Å². The molecule has 21 heavy (non-hydrogen) atoms. The molecular weight excluding hydrogens is 269 g/mol. The Morgan fingerprint density at radius 3 is 2.43 bits per heavy atom. The van der Waals surface area contributed by atoms with Crippen molar-refractivity contribution >= 4 is 23.0 Å². The normalized spacial score (nSPS) is 10.5. The van der Waals surface area contributed by atoms with Gasteiger partial charge in [-0.2, -0.15) is 0 Å². The van der Waals surface area contributed by atoms with Gasteiger partial charge in [0.1, 0.15) is 5.82 Å². The van der Waals surface area contributed by atoms with Crippen LogP contribution >= 0.6 is 0 Å². The number of hydrogen-bond donors (Lipinski definition) is 3. The molecule has 5 heteroatoms. The molecule has 0 spiro atoms.